The molecule has 72 valence electrons. The molecule has 2 N–H and O–H groups in total. The first kappa shape index (κ1) is 9.80. The molecule has 1 fully saturated rings. The van der Waals surface area contributed by atoms with Crippen molar-refractivity contribution in [2.24, 2.45) is 5.73 Å². The Morgan fingerprint density at radius 2 is 1.92 bits per heavy atom. The van der Waals surface area contributed by atoms with Crippen molar-refractivity contribution in [1.82, 2.24) is 0 Å². The third-order valence-corrected chi connectivity index (χ3v) is 2.11. The van der Waals surface area contributed by atoms with Gasteiger partial charge < -0.3 is 10.5 Å². The fraction of sp³-hybridized carbons (Fsp3) is 1.00. The smallest absolute Gasteiger partial charge is 0.364 e. The van der Waals surface area contributed by atoms with E-state index >= 15 is 0 Å². The van der Waals surface area contributed by atoms with Crippen LogP contribution in [-0.4, -0.2) is 24.4 Å². The van der Waals surface area contributed by atoms with Crippen LogP contribution in [0, 0.1) is 0 Å². The zero-order valence-electron chi connectivity index (χ0n) is 6.77. The summed E-state index contributed by atoms with van der Waals surface area (Å²) in [5.41, 5.74) is 5.49. The molecule has 1 saturated heterocycles. The van der Waals surface area contributed by atoms with Crippen molar-refractivity contribution in [2.45, 2.75) is 44.2 Å². The molecule has 0 unspecified atom stereocenters. The molecule has 0 aromatic heterocycles. The maximum atomic E-state index is 12.1. The van der Waals surface area contributed by atoms with E-state index in [1.54, 1.807) is 6.92 Å². The van der Waals surface area contributed by atoms with Gasteiger partial charge in [0.2, 0.25) is 0 Å². The first-order chi connectivity index (χ1) is 5.41. The van der Waals surface area contributed by atoms with E-state index in [2.05, 4.69) is 0 Å². The molecule has 12 heavy (non-hydrogen) atoms. The van der Waals surface area contributed by atoms with Crippen LogP contribution in [0.2, 0.25) is 0 Å². The third-order valence-electron chi connectivity index (χ3n) is 2.11. The Kier molecular flexibility index (Phi) is 2.63. The van der Waals surface area contributed by atoms with Gasteiger partial charge in [0.25, 0.3) is 0 Å². The summed E-state index contributed by atoms with van der Waals surface area (Å²) in [6, 6.07) is -0.261. The number of halogens is 3. The van der Waals surface area contributed by atoms with Crippen LogP contribution in [0.1, 0.15) is 19.8 Å². The minimum absolute atomic E-state index is 0.0188. The van der Waals surface area contributed by atoms with Gasteiger partial charge in [0.1, 0.15) is 0 Å². The molecule has 1 aliphatic rings. The quantitative estimate of drug-likeness (QED) is 0.616. The highest BCUT2D eigenvalue weighted by Gasteiger charge is 2.44. The number of ether oxygens (including phenoxy) is 1. The molecular formula is C7H12F3NO. The van der Waals surface area contributed by atoms with Crippen molar-refractivity contribution in [3.05, 3.63) is 0 Å². The first-order valence-electron chi connectivity index (χ1n) is 3.89. The Labute approximate surface area is 68.9 Å². The number of alkyl halides is 3. The van der Waals surface area contributed by atoms with Gasteiger partial charge in [0.15, 0.2) is 6.10 Å². The molecule has 0 spiro atoms. The number of hydrogen-bond acceptors (Lipinski definition) is 2. The fourth-order valence-electron chi connectivity index (χ4n) is 1.25. The number of rotatable bonds is 0. The van der Waals surface area contributed by atoms with Crippen molar-refractivity contribution < 1.29 is 17.9 Å². The van der Waals surface area contributed by atoms with Crippen LogP contribution >= 0.6 is 0 Å². The maximum Gasteiger partial charge on any atom is 0.414 e. The Morgan fingerprint density at radius 3 is 2.33 bits per heavy atom. The second-order valence-corrected chi connectivity index (χ2v) is 3.11. The molecule has 1 rings (SSSR count). The minimum Gasteiger partial charge on any atom is -0.364 e. The predicted molar refractivity (Wildman–Crippen MR) is 37.6 cm³/mol. The van der Waals surface area contributed by atoms with Gasteiger partial charge in [-0.3, -0.25) is 0 Å². The summed E-state index contributed by atoms with van der Waals surface area (Å²) >= 11 is 0. The van der Waals surface area contributed by atoms with E-state index in [1.807, 2.05) is 0 Å². The molecule has 0 amide bonds. The zero-order valence-corrected chi connectivity index (χ0v) is 6.77. The van der Waals surface area contributed by atoms with Gasteiger partial charge >= 0.3 is 6.18 Å². The summed E-state index contributed by atoms with van der Waals surface area (Å²) in [5.74, 6) is 0. The summed E-state index contributed by atoms with van der Waals surface area (Å²) in [5, 5.41) is 0. The molecular weight excluding hydrogens is 171 g/mol. The van der Waals surface area contributed by atoms with Crippen LogP contribution < -0.4 is 5.73 Å². The minimum atomic E-state index is -4.24. The molecule has 0 bridgehead atoms. The van der Waals surface area contributed by atoms with E-state index in [0.29, 0.717) is 6.42 Å². The lowest BCUT2D eigenvalue weighted by Crippen LogP contribution is -2.47. The summed E-state index contributed by atoms with van der Waals surface area (Å²) in [7, 11) is 0. The highest BCUT2D eigenvalue weighted by molar-refractivity contribution is 4.81. The van der Waals surface area contributed by atoms with Gasteiger partial charge in [-0.15, -0.1) is 0 Å². The van der Waals surface area contributed by atoms with E-state index in [4.69, 9.17) is 10.5 Å². The average Bonchev–Trinajstić information content (AvgIpc) is 1.92. The van der Waals surface area contributed by atoms with Gasteiger partial charge in [-0.2, -0.15) is 13.2 Å². The predicted octanol–water partition coefficient (Wildman–Crippen LogP) is 1.44. The molecule has 0 aromatic carbocycles. The van der Waals surface area contributed by atoms with Crippen molar-refractivity contribution in [3.8, 4) is 0 Å². The van der Waals surface area contributed by atoms with Crippen molar-refractivity contribution in [2.75, 3.05) is 0 Å². The van der Waals surface area contributed by atoms with Crippen LogP contribution in [0.15, 0.2) is 0 Å². The summed E-state index contributed by atoms with van der Waals surface area (Å²) < 4.78 is 40.9. The summed E-state index contributed by atoms with van der Waals surface area (Å²) in [6.07, 6.45) is -5.99. The second-order valence-electron chi connectivity index (χ2n) is 3.11. The van der Waals surface area contributed by atoms with Gasteiger partial charge in [0, 0.05) is 6.04 Å². The largest absolute Gasteiger partial charge is 0.414 e. The van der Waals surface area contributed by atoms with E-state index in [0.717, 1.165) is 0 Å². The number of nitrogens with two attached hydrogens (primary N) is 1. The lowest BCUT2D eigenvalue weighted by atomic mass is 10.0. The zero-order chi connectivity index (χ0) is 9.35. The van der Waals surface area contributed by atoms with Gasteiger partial charge in [0.05, 0.1) is 6.10 Å². The van der Waals surface area contributed by atoms with E-state index < -0.39 is 18.4 Å². The number of hydrogen-bond donors (Lipinski definition) is 1. The molecule has 0 aromatic rings. The van der Waals surface area contributed by atoms with Gasteiger partial charge in [-0.1, -0.05) is 0 Å². The highest BCUT2D eigenvalue weighted by atomic mass is 19.4. The van der Waals surface area contributed by atoms with Crippen molar-refractivity contribution in [1.29, 1.82) is 0 Å². The lowest BCUT2D eigenvalue weighted by molar-refractivity contribution is -0.245. The van der Waals surface area contributed by atoms with Crippen LogP contribution in [0.5, 0.6) is 0 Å². The Morgan fingerprint density at radius 1 is 1.33 bits per heavy atom. The normalized spacial score (nSPS) is 38.2. The second kappa shape index (κ2) is 3.22. The Hall–Kier alpha value is -0.290. The van der Waals surface area contributed by atoms with Gasteiger partial charge in [-0.05, 0) is 19.8 Å². The SMILES string of the molecule is C[C@@H]1O[C@@H](C(F)(F)F)CC[C@H]1N. The molecule has 3 atom stereocenters. The van der Waals surface area contributed by atoms with Crippen molar-refractivity contribution >= 4 is 0 Å². The summed E-state index contributed by atoms with van der Waals surface area (Å²) in [6.45, 7) is 1.57. The average molecular weight is 183 g/mol. The van der Waals surface area contributed by atoms with Crippen LogP contribution in [-0.2, 0) is 4.74 Å². The van der Waals surface area contributed by atoms with Crippen LogP contribution in [0.25, 0.3) is 0 Å². The van der Waals surface area contributed by atoms with Crippen LogP contribution in [0.3, 0.4) is 0 Å². The molecule has 5 heteroatoms. The molecule has 1 aliphatic heterocycles. The Bertz CT molecular complexity index is 159. The monoisotopic (exact) mass is 183 g/mol. The van der Waals surface area contributed by atoms with E-state index in [9.17, 15) is 13.2 Å². The highest BCUT2D eigenvalue weighted by Crippen LogP contribution is 2.31. The topological polar surface area (TPSA) is 35.2 Å². The van der Waals surface area contributed by atoms with Gasteiger partial charge in [-0.25, -0.2) is 0 Å². The molecule has 0 aliphatic carbocycles. The molecule has 1 heterocycles. The van der Waals surface area contributed by atoms with Crippen LogP contribution in [0.4, 0.5) is 13.2 Å². The van der Waals surface area contributed by atoms with E-state index in [-0.39, 0.29) is 12.5 Å². The van der Waals surface area contributed by atoms with E-state index in [1.165, 1.54) is 0 Å². The molecule has 2 nitrogen and oxygen atoms in total. The molecule has 0 saturated carbocycles. The standard InChI is InChI=1S/C7H12F3NO/c1-4-5(11)2-3-6(12-4)7(8,9)10/h4-6H,2-3,11H2,1H3/t4-,5+,6+/m0/s1. The fourth-order valence-corrected chi connectivity index (χ4v) is 1.25. The Balaban J connectivity index is 2.51. The summed E-state index contributed by atoms with van der Waals surface area (Å²) in [4.78, 5) is 0. The first-order valence-corrected chi connectivity index (χ1v) is 3.89. The molecule has 0 radical (unpaired) electrons. The van der Waals surface area contributed by atoms with Crippen molar-refractivity contribution in [3.63, 3.8) is 0 Å². The maximum absolute atomic E-state index is 12.1. The lowest BCUT2D eigenvalue weighted by Gasteiger charge is -2.33. The third kappa shape index (κ3) is 2.10.